The summed E-state index contributed by atoms with van der Waals surface area (Å²) < 4.78 is 0. The molecule has 4 rings (SSSR count). The van der Waals surface area contributed by atoms with Gasteiger partial charge >= 0.3 is 0 Å². The first-order chi connectivity index (χ1) is 15.7. The average molecular weight is 439 g/mol. The van der Waals surface area contributed by atoms with Gasteiger partial charge in [-0.15, -0.1) is 11.6 Å². The second kappa shape index (κ2) is 11.4. The van der Waals surface area contributed by atoms with E-state index in [1.807, 2.05) is 54.6 Å². The summed E-state index contributed by atoms with van der Waals surface area (Å²) in [6.07, 6.45) is 3.35. The molecule has 0 aliphatic rings. The normalized spacial score (nSPS) is 9.75. The number of aliphatic hydroxyl groups excluding tert-OH is 1. The van der Waals surface area contributed by atoms with Crippen LogP contribution in [0, 0.1) is 22.7 Å². The molecule has 0 bridgehead atoms. The largest absolute Gasteiger partial charge is 0.392 e. The predicted octanol–water partition coefficient (Wildman–Crippen LogP) is 5.47. The lowest BCUT2D eigenvalue weighted by molar-refractivity contribution is 0.281. The lowest BCUT2D eigenvalue weighted by Gasteiger charge is -2.03. The second-order valence-corrected chi connectivity index (χ2v) is 6.98. The summed E-state index contributed by atoms with van der Waals surface area (Å²) >= 11 is 5.69. The monoisotopic (exact) mass is 438 g/mol. The summed E-state index contributed by atoms with van der Waals surface area (Å²) in [5.74, 6) is 0.452. The number of halogens is 1. The maximum Gasteiger partial charge on any atom is 0.0998 e. The molecule has 0 aliphatic carbocycles. The highest BCUT2D eigenvalue weighted by Crippen LogP contribution is 2.22. The maximum absolute atomic E-state index is 8.98. The Morgan fingerprint density at radius 2 is 1.16 bits per heavy atom. The molecule has 0 saturated carbocycles. The summed E-state index contributed by atoms with van der Waals surface area (Å²) in [5, 5.41) is 26.9. The SMILES string of the molecule is N#Cc1ccccc1-c1ccc(CCl)cn1.N#Cc1ccccc1-c1ccc(CO)cn1. The Hall–Kier alpha value is -4.03. The van der Waals surface area contributed by atoms with Crippen LogP contribution in [0.3, 0.4) is 0 Å². The van der Waals surface area contributed by atoms with Gasteiger partial charge in [0.15, 0.2) is 0 Å². The number of hydrogen-bond donors (Lipinski definition) is 1. The second-order valence-electron chi connectivity index (χ2n) is 6.71. The van der Waals surface area contributed by atoms with E-state index in [2.05, 4.69) is 22.1 Å². The standard InChI is InChI=1S/C13H9ClN2.C13H10N2O/c14-7-10-5-6-13(16-9-10)12-4-2-1-3-11(12)8-15;14-7-11-3-1-2-4-12(11)13-6-5-10(9-16)8-15-13/h1-6,9H,7H2;1-6,8,16H,9H2. The van der Waals surface area contributed by atoms with Crippen LogP contribution >= 0.6 is 11.6 Å². The Balaban J connectivity index is 0.000000181. The van der Waals surface area contributed by atoms with Gasteiger partial charge in [0, 0.05) is 29.4 Å². The topological polar surface area (TPSA) is 93.6 Å². The van der Waals surface area contributed by atoms with Crippen molar-refractivity contribution in [2.75, 3.05) is 0 Å². The molecule has 0 amide bonds. The number of benzene rings is 2. The number of aromatic nitrogens is 2. The fourth-order valence-corrected chi connectivity index (χ4v) is 3.11. The smallest absolute Gasteiger partial charge is 0.0998 e. The van der Waals surface area contributed by atoms with Gasteiger partial charge in [0.25, 0.3) is 0 Å². The van der Waals surface area contributed by atoms with Gasteiger partial charge in [-0.2, -0.15) is 10.5 Å². The van der Waals surface area contributed by atoms with Crippen LogP contribution in [0.2, 0.25) is 0 Å². The van der Waals surface area contributed by atoms with Crippen molar-refractivity contribution >= 4 is 11.6 Å². The molecule has 0 fully saturated rings. The molecule has 156 valence electrons. The minimum Gasteiger partial charge on any atom is -0.392 e. The van der Waals surface area contributed by atoms with E-state index in [0.717, 1.165) is 33.6 Å². The maximum atomic E-state index is 8.98. The van der Waals surface area contributed by atoms with E-state index in [1.54, 1.807) is 30.6 Å². The molecule has 0 radical (unpaired) electrons. The fourth-order valence-electron chi connectivity index (χ4n) is 2.95. The third kappa shape index (κ3) is 5.56. The number of alkyl halides is 1. The lowest BCUT2D eigenvalue weighted by atomic mass is 10.0. The Kier molecular flexibility index (Phi) is 8.06. The highest BCUT2D eigenvalue weighted by molar-refractivity contribution is 6.17. The van der Waals surface area contributed by atoms with Crippen molar-refractivity contribution in [3.63, 3.8) is 0 Å². The first kappa shape index (κ1) is 22.7. The van der Waals surface area contributed by atoms with Crippen molar-refractivity contribution in [2.24, 2.45) is 0 Å². The van der Waals surface area contributed by atoms with Crippen LogP contribution in [0.1, 0.15) is 22.3 Å². The van der Waals surface area contributed by atoms with E-state index >= 15 is 0 Å². The Morgan fingerprint density at radius 1 is 0.688 bits per heavy atom. The van der Waals surface area contributed by atoms with Crippen LogP contribution in [0.4, 0.5) is 0 Å². The summed E-state index contributed by atoms with van der Waals surface area (Å²) in [7, 11) is 0. The van der Waals surface area contributed by atoms with Gasteiger partial charge < -0.3 is 5.11 Å². The van der Waals surface area contributed by atoms with Crippen LogP contribution in [0.25, 0.3) is 22.5 Å². The third-order valence-electron chi connectivity index (χ3n) is 4.63. The fraction of sp³-hybridized carbons (Fsp3) is 0.0769. The molecule has 2 heterocycles. The number of hydrogen-bond acceptors (Lipinski definition) is 5. The van der Waals surface area contributed by atoms with Crippen LogP contribution in [-0.2, 0) is 12.5 Å². The molecule has 2 aromatic carbocycles. The van der Waals surface area contributed by atoms with Crippen LogP contribution in [0.5, 0.6) is 0 Å². The first-order valence-electron chi connectivity index (χ1n) is 9.75. The van der Waals surface area contributed by atoms with Gasteiger partial charge in [-0.05, 0) is 35.4 Å². The zero-order valence-corrected chi connectivity index (χ0v) is 17.9. The molecule has 0 aliphatic heterocycles. The van der Waals surface area contributed by atoms with Gasteiger partial charge in [0.2, 0.25) is 0 Å². The molecule has 0 atom stereocenters. The average Bonchev–Trinajstić information content (AvgIpc) is 2.89. The highest BCUT2D eigenvalue weighted by Gasteiger charge is 2.05. The van der Waals surface area contributed by atoms with Crippen molar-refractivity contribution in [3.8, 4) is 34.7 Å². The van der Waals surface area contributed by atoms with E-state index in [9.17, 15) is 0 Å². The quantitative estimate of drug-likeness (QED) is 0.426. The van der Waals surface area contributed by atoms with Gasteiger partial charge in [-0.3, -0.25) is 9.97 Å². The van der Waals surface area contributed by atoms with Gasteiger partial charge in [-0.1, -0.05) is 48.5 Å². The van der Waals surface area contributed by atoms with Gasteiger partial charge in [-0.25, -0.2) is 0 Å². The summed E-state index contributed by atoms with van der Waals surface area (Å²) in [5.41, 5.74) is 6.18. The Labute approximate surface area is 191 Å². The van der Waals surface area contributed by atoms with Crippen molar-refractivity contribution in [1.82, 2.24) is 9.97 Å². The molecular formula is C26H19ClN4O. The Morgan fingerprint density at radius 3 is 1.53 bits per heavy atom. The number of nitrogens with zero attached hydrogens (tertiary/aromatic N) is 4. The molecule has 2 aromatic heterocycles. The zero-order chi connectivity index (χ0) is 22.8. The van der Waals surface area contributed by atoms with Crippen molar-refractivity contribution in [2.45, 2.75) is 12.5 Å². The first-order valence-corrected chi connectivity index (χ1v) is 10.3. The summed E-state index contributed by atoms with van der Waals surface area (Å²) in [6, 6.07) is 26.4. The minimum atomic E-state index is -0.0207. The van der Waals surface area contributed by atoms with Crippen LogP contribution in [-0.4, -0.2) is 15.1 Å². The molecule has 0 spiro atoms. The minimum absolute atomic E-state index is 0.0207. The highest BCUT2D eigenvalue weighted by atomic mass is 35.5. The van der Waals surface area contributed by atoms with Crippen molar-refractivity contribution in [1.29, 1.82) is 10.5 Å². The van der Waals surface area contributed by atoms with Crippen molar-refractivity contribution in [3.05, 3.63) is 107 Å². The van der Waals surface area contributed by atoms with E-state index in [4.69, 9.17) is 27.2 Å². The predicted molar refractivity (Wildman–Crippen MR) is 124 cm³/mol. The molecule has 0 saturated heterocycles. The molecule has 4 aromatic rings. The molecule has 1 N–H and O–H groups in total. The van der Waals surface area contributed by atoms with Gasteiger partial charge in [0.1, 0.15) is 0 Å². The van der Waals surface area contributed by atoms with E-state index in [1.165, 1.54) is 0 Å². The van der Waals surface area contributed by atoms with Crippen LogP contribution in [0.15, 0.2) is 85.2 Å². The van der Waals surface area contributed by atoms with Gasteiger partial charge in [0.05, 0.1) is 41.3 Å². The molecule has 6 heteroatoms. The number of rotatable bonds is 4. The Bertz CT molecular complexity index is 1160. The van der Waals surface area contributed by atoms with E-state index in [-0.39, 0.29) is 6.61 Å². The molecule has 5 nitrogen and oxygen atoms in total. The number of pyridine rings is 2. The molecular weight excluding hydrogens is 420 g/mol. The summed E-state index contributed by atoms with van der Waals surface area (Å²) in [4.78, 5) is 8.51. The third-order valence-corrected chi connectivity index (χ3v) is 4.94. The zero-order valence-electron chi connectivity index (χ0n) is 17.1. The number of aliphatic hydroxyl groups is 1. The van der Waals surface area contributed by atoms with E-state index in [0.29, 0.717) is 17.0 Å². The van der Waals surface area contributed by atoms with E-state index < -0.39 is 0 Å². The molecule has 0 unspecified atom stereocenters. The van der Waals surface area contributed by atoms with Crippen molar-refractivity contribution < 1.29 is 5.11 Å². The molecule has 32 heavy (non-hydrogen) atoms. The van der Waals surface area contributed by atoms with Crippen LogP contribution < -0.4 is 0 Å². The lowest BCUT2D eigenvalue weighted by Crippen LogP contribution is -1.90. The summed E-state index contributed by atoms with van der Waals surface area (Å²) in [6.45, 7) is -0.0207. The number of nitriles is 2.